The summed E-state index contributed by atoms with van der Waals surface area (Å²) in [4.78, 5) is 16.3. The third-order valence-electron chi connectivity index (χ3n) is 4.08. The van der Waals surface area contributed by atoms with Gasteiger partial charge in [-0.15, -0.1) is 11.3 Å². The Balaban J connectivity index is 1.69. The van der Waals surface area contributed by atoms with E-state index < -0.39 is 28.1 Å². The van der Waals surface area contributed by atoms with Crippen LogP contribution < -0.4 is 5.32 Å². The molecular weight excluding hydrogens is 365 g/mol. The van der Waals surface area contributed by atoms with Gasteiger partial charge in [0.1, 0.15) is 4.21 Å². The molecule has 1 saturated heterocycles. The molecule has 6 nitrogen and oxygen atoms in total. The first-order valence-corrected chi connectivity index (χ1v) is 10.1. The highest BCUT2D eigenvalue weighted by Gasteiger charge is 2.46. The number of piperidine rings is 1. The molecule has 3 rings (SSSR count). The standard InChI is InChI=1S/C16H18FN3O3S2/c17-16(15(21)19-11-13-4-1-7-18-10-13)6-3-8-20(12-16)25(22,23)14-5-2-9-24-14/h1-2,4-5,7,9-10H,3,6,8,11-12H2,(H,19,21). The monoisotopic (exact) mass is 383 g/mol. The average molecular weight is 383 g/mol. The van der Waals surface area contributed by atoms with Crippen molar-refractivity contribution in [1.29, 1.82) is 0 Å². The van der Waals surface area contributed by atoms with Crippen molar-refractivity contribution in [2.75, 3.05) is 13.1 Å². The number of pyridine rings is 1. The molecule has 1 aliphatic heterocycles. The van der Waals surface area contributed by atoms with Crippen molar-refractivity contribution >= 4 is 27.3 Å². The minimum Gasteiger partial charge on any atom is -0.349 e. The van der Waals surface area contributed by atoms with Crippen molar-refractivity contribution in [3.63, 3.8) is 0 Å². The lowest BCUT2D eigenvalue weighted by molar-refractivity contribution is -0.135. The SMILES string of the molecule is O=C(NCc1cccnc1)C1(F)CCCN(S(=O)(=O)c2cccs2)C1. The van der Waals surface area contributed by atoms with E-state index in [1.54, 1.807) is 36.0 Å². The molecule has 9 heteroatoms. The topological polar surface area (TPSA) is 79.4 Å². The van der Waals surface area contributed by atoms with E-state index in [2.05, 4.69) is 10.3 Å². The van der Waals surface area contributed by atoms with Crippen LogP contribution in [0, 0.1) is 0 Å². The molecule has 3 heterocycles. The van der Waals surface area contributed by atoms with Gasteiger partial charge in [-0.3, -0.25) is 9.78 Å². The van der Waals surface area contributed by atoms with Crippen molar-refractivity contribution < 1.29 is 17.6 Å². The molecule has 25 heavy (non-hydrogen) atoms. The minimum absolute atomic E-state index is 0.00231. The first-order valence-electron chi connectivity index (χ1n) is 7.82. The highest BCUT2D eigenvalue weighted by atomic mass is 32.2. The normalized spacial score (nSPS) is 21.8. The van der Waals surface area contributed by atoms with E-state index >= 15 is 4.39 Å². The molecule has 1 amide bonds. The molecule has 0 spiro atoms. The maximum atomic E-state index is 15.2. The van der Waals surface area contributed by atoms with Crippen LogP contribution in [0.15, 0.2) is 46.2 Å². The molecule has 1 aliphatic rings. The number of rotatable bonds is 5. The summed E-state index contributed by atoms with van der Waals surface area (Å²) in [6.07, 6.45) is 3.49. The summed E-state index contributed by atoms with van der Waals surface area (Å²) in [5.74, 6) is -0.789. The predicted molar refractivity (Wildman–Crippen MR) is 92.2 cm³/mol. The van der Waals surface area contributed by atoms with Gasteiger partial charge in [-0.05, 0) is 35.9 Å². The van der Waals surface area contributed by atoms with Gasteiger partial charge in [0.2, 0.25) is 5.67 Å². The molecular formula is C16H18FN3O3S2. The molecule has 0 saturated carbocycles. The Labute approximate surface area is 149 Å². The number of thiophene rings is 1. The first-order chi connectivity index (χ1) is 11.9. The van der Waals surface area contributed by atoms with E-state index in [0.717, 1.165) is 21.2 Å². The Hall–Kier alpha value is -1.84. The van der Waals surface area contributed by atoms with Crippen LogP contribution in [0.3, 0.4) is 0 Å². The fourth-order valence-electron chi connectivity index (χ4n) is 2.74. The largest absolute Gasteiger partial charge is 0.349 e. The fourth-order valence-corrected chi connectivity index (χ4v) is 5.41. The van der Waals surface area contributed by atoms with E-state index in [-0.39, 0.29) is 23.7 Å². The Morgan fingerprint density at radius 2 is 2.24 bits per heavy atom. The zero-order chi connectivity index (χ0) is 17.9. The van der Waals surface area contributed by atoms with Crippen molar-refractivity contribution in [2.24, 2.45) is 0 Å². The zero-order valence-corrected chi connectivity index (χ0v) is 15.0. The van der Waals surface area contributed by atoms with Crippen LogP contribution in [0.2, 0.25) is 0 Å². The second kappa shape index (κ2) is 7.19. The fraction of sp³-hybridized carbons (Fsp3) is 0.375. The number of hydrogen-bond acceptors (Lipinski definition) is 5. The number of carbonyl (C=O) groups is 1. The Morgan fingerprint density at radius 3 is 2.92 bits per heavy atom. The van der Waals surface area contributed by atoms with Crippen molar-refractivity contribution in [3.05, 3.63) is 47.6 Å². The number of aromatic nitrogens is 1. The highest BCUT2D eigenvalue weighted by molar-refractivity contribution is 7.91. The first kappa shape index (κ1) is 18.0. The molecule has 0 radical (unpaired) electrons. The minimum atomic E-state index is -3.77. The number of alkyl halides is 1. The molecule has 1 atom stereocenters. The van der Waals surface area contributed by atoms with E-state index in [1.165, 1.54) is 6.07 Å². The van der Waals surface area contributed by atoms with Crippen LogP contribution >= 0.6 is 11.3 Å². The summed E-state index contributed by atoms with van der Waals surface area (Å²) in [5, 5.41) is 4.20. The highest BCUT2D eigenvalue weighted by Crippen LogP contribution is 2.31. The number of nitrogens with one attached hydrogen (secondary N) is 1. The van der Waals surface area contributed by atoms with E-state index in [4.69, 9.17) is 0 Å². The van der Waals surface area contributed by atoms with Crippen LogP contribution in [0.1, 0.15) is 18.4 Å². The van der Waals surface area contributed by atoms with Gasteiger partial charge in [0.15, 0.2) is 0 Å². The second-order valence-corrected chi connectivity index (χ2v) is 9.00. The van der Waals surface area contributed by atoms with Gasteiger partial charge in [-0.2, -0.15) is 4.31 Å². The Kier molecular flexibility index (Phi) is 5.16. The second-order valence-electron chi connectivity index (χ2n) is 5.88. The van der Waals surface area contributed by atoms with Gasteiger partial charge in [0, 0.05) is 25.5 Å². The lowest BCUT2D eigenvalue weighted by Crippen LogP contribution is -2.55. The van der Waals surface area contributed by atoms with E-state index in [9.17, 15) is 13.2 Å². The third kappa shape index (κ3) is 3.88. The van der Waals surface area contributed by atoms with Gasteiger partial charge < -0.3 is 5.32 Å². The van der Waals surface area contributed by atoms with Crippen molar-refractivity contribution in [3.8, 4) is 0 Å². The van der Waals surface area contributed by atoms with E-state index in [1.807, 2.05) is 0 Å². The van der Waals surface area contributed by atoms with Gasteiger partial charge >= 0.3 is 0 Å². The molecule has 0 aliphatic carbocycles. The summed E-state index contributed by atoms with van der Waals surface area (Å²) in [7, 11) is -3.77. The van der Waals surface area contributed by atoms with Crippen molar-refractivity contribution in [1.82, 2.24) is 14.6 Å². The molecule has 0 bridgehead atoms. The van der Waals surface area contributed by atoms with Crippen LogP contribution in [-0.2, 0) is 21.4 Å². The van der Waals surface area contributed by atoms with E-state index in [0.29, 0.717) is 6.42 Å². The van der Waals surface area contributed by atoms with Crippen LogP contribution in [-0.4, -0.2) is 42.4 Å². The number of amides is 1. The summed E-state index contributed by atoms with van der Waals surface area (Å²) in [6, 6.07) is 6.61. The summed E-state index contributed by atoms with van der Waals surface area (Å²) < 4.78 is 41.5. The Morgan fingerprint density at radius 1 is 1.40 bits per heavy atom. The number of nitrogens with zero attached hydrogens (tertiary/aromatic N) is 2. The maximum absolute atomic E-state index is 15.2. The molecule has 0 aromatic carbocycles. The average Bonchev–Trinajstić information content (AvgIpc) is 3.16. The molecule has 2 aromatic heterocycles. The number of carbonyl (C=O) groups excluding carboxylic acids is 1. The number of sulfonamides is 1. The molecule has 2 aromatic rings. The number of hydrogen-bond donors (Lipinski definition) is 1. The number of halogens is 1. The smallest absolute Gasteiger partial charge is 0.259 e. The summed E-state index contributed by atoms with van der Waals surface area (Å²) in [6.45, 7) is -0.107. The van der Waals surface area contributed by atoms with Crippen LogP contribution in [0.25, 0.3) is 0 Å². The lowest BCUT2D eigenvalue weighted by Gasteiger charge is -2.35. The molecule has 1 N–H and O–H groups in total. The maximum Gasteiger partial charge on any atom is 0.259 e. The Bertz CT molecular complexity index is 828. The molecule has 134 valence electrons. The van der Waals surface area contributed by atoms with Gasteiger partial charge in [0.25, 0.3) is 15.9 Å². The van der Waals surface area contributed by atoms with Gasteiger partial charge in [0.05, 0.1) is 6.54 Å². The summed E-state index contributed by atoms with van der Waals surface area (Å²) >= 11 is 1.08. The van der Waals surface area contributed by atoms with Crippen LogP contribution in [0.5, 0.6) is 0 Å². The zero-order valence-electron chi connectivity index (χ0n) is 13.4. The lowest BCUT2D eigenvalue weighted by atomic mass is 9.95. The van der Waals surface area contributed by atoms with Crippen molar-refractivity contribution in [2.45, 2.75) is 29.3 Å². The van der Waals surface area contributed by atoms with Gasteiger partial charge in [-0.1, -0.05) is 12.1 Å². The summed E-state index contributed by atoms with van der Waals surface area (Å²) in [5.41, 5.74) is -1.48. The third-order valence-corrected chi connectivity index (χ3v) is 7.30. The quantitative estimate of drug-likeness (QED) is 0.856. The molecule has 1 fully saturated rings. The van der Waals surface area contributed by atoms with Gasteiger partial charge in [-0.25, -0.2) is 12.8 Å². The van der Waals surface area contributed by atoms with Crippen LogP contribution in [0.4, 0.5) is 4.39 Å². The molecule has 1 unspecified atom stereocenters. The predicted octanol–water partition coefficient (Wildman–Crippen LogP) is 1.95.